The molecule has 0 aliphatic heterocycles. The van der Waals surface area contributed by atoms with E-state index in [9.17, 15) is 4.79 Å². The number of rotatable bonds is 7. The highest BCUT2D eigenvalue weighted by Crippen LogP contribution is 2.12. The Hall–Kier alpha value is -2.08. The van der Waals surface area contributed by atoms with Gasteiger partial charge in [0, 0.05) is 12.1 Å². The van der Waals surface area contributed by atoms with Crippen LogP contribution in [0.25, 0.3) is 0 Å². The molecule has 0 heterocycles. The molecule has 0 fully saturated rings. The fourth-order valence-electron chi connectivity index (χ4n) is 1.83. The number of benzene rings is 1. The van der Waals surface area contributed by atoms with E-state index in [0.29, 0.717) is 17.9 Å². The highest BCUT2D eigenvalue weighted by atomic mass is 16.5. The molecule has 128 valence electrons. The number of aliphatic imine (C=N–C) groups is 1. The van der Waals surface area contributed by atoms with Crippen molar-refractivity contribution in [2.75, 3.05) is 34.3 Å². The molecule has 0 saturated heterocycles. The van der Waals surface area contributed by atoms with Gasteiger partial charge in [0.25, 0.3) is 11.9 Å². The minimum atomic E-state index is -0.268. The molecule has 0 atom stereocenters. The second kappa shape index (κ2) is 9.84. The van der Waals surface area contributed by atoms with Crippen LogP contribution in [0.5, 0.6) is 5.75 Å². The third-order valence-electron chi connectivity index (χ3n) is 2.92. The van der Waals surface area contributed by atoms with Crippen LogP contribution in [-0.2, 0) is 4.74 Å². The van der Waals surface area contributed by atoms with E-state index in [-0.39, 0.29) is 18.0 Å². The summed E-state index contributed by atoms with van der Waals surface area (Å²) in [7, 11) is 5.59. The topological polar surface area (TPSA) is 63.2 Å². The standard InChI is InChI=1S/C17H27N3O3/c1-13(2)23-17(18-10-7-11-20(3)4)19-16(21)14-8-6-9-15(12-14)22-5/h6,8-9,12-13H,7,10-11H2,1-5H3,(H,18,19,21). The van der Waals surface area contributed by atoms with Gasteiger partial charge < -0.3 is 14.4 Å². The molecule has 0 radical (unpaired) electrons. The van der Waals surface area contributed by atoms with Crippen LogP contribution in [-0.4, -0.2) is 57.2 Å². The molecule has 1 aromatic rings. The smallest absolute Gasteiger partial charge is 0.291 e. The number of hydrogen-bond donors (Lipinski definition) is 1. The molecule has 0 bridgehead atoms. The van der Waals surface area contributed by atoms with Crippen LogP contribution in [0.4, 0.5) is 0 Å². The molecular formula is C17H27N3O3. The van der Waals surface area contributed by atoms with Gasteiger partial charge in [-0.25, -0.2) is 4.99 Å². The number of carbonyl (C=O) groups is 1. The number of amides is 1. The first-order chi connectivity index (χ1) is 10.9. The molecule has 1 N–H and O–H groups in total. The van der Waals surface area contributed by atoms with Crippen LogP contribution in [0.2, 0.25) is 0 Å². The Labute approximate surface area is 138 Å². The van der Waals surface area contributed by atoms with E-state index in [1.54, 1.807) is 31.4 Å². The van der Waals surface area contributed by atoms with Gasteiger partial charge in [0.05, 0.1) is 13.2 Å². The van der Waals surface area contributed by atoms with Crippen molar-refractivity contribution in [1.82, 2.24) is 10.2 Å². The van der Waals surface area contributed by atoms with Gasteiger partial charge in [0.2, 0.25) is 0 Å². The number of methoxy groups -OCH3 is 1. The van der Waals surface area contributed by atoms with E-state index in [1.807, 2.05) is 27.9 Å². The van der Waals surface area contributed by atoms with E-state index in [4.69, 9.17) is 9.47 Å². The monoisotopic (exact) mass is 321 g/mol. The van der Waals surface area contributed by atoms with Crippen LogP contribution in [0.1, 0.15) is 30.6 Å². The average molecular weight is 321 g/mol. The minimum Gasteiger partial charge on any atom is -0.497 e. The van der Waals surface area contributed by atoms with E-state index in [2.05, 4.69) is 15.2 Å². The molecular weight excluding hydrogens is 294 g/mol. The SMILES string of the molecule is COc1cccc(C(=O)NC(=NCCCN(C)C)OC(C)C)c1. The quantitative estimate of drug-likeness (QED) is 0.475. The molecule has 1 rings (SSSR count). The Balaban J connectivity index is 2.71. The molecule has 1 amide bonds. The lowest BCUT2D eigenvalue weighted by atomic mass is 10.2. The van der Waals surface area contributed by atoms with Gasteiger partial charge in [0.1, 0.15) is 5.75 Å². The van der Waals surface area contributed by atoms with Crippen molar-refractivity contribution in [3.8, 4) is 5.75 Å². The fraction of sp³-hybridized carbons (Fsp3) is 0.529. The largest absolute Gasteiger partial charge is 0.497 e. The summed E-state index contributed by atoms with van der Waals surface area (Å²) in [5.74, 6) is 0.364. The van der Waals surface area contributed by atoms with Gasteiger partial charge in [-0.05, 0) is 59.1 Å². The highest BCUT2D eigenvalue weighted by Gasteiger charge is 2.12. The van der Waals surface area contributed by atoms with Crippen molar-refractivity contribution in [1.29, 1.82) is 0 Å². The zero-order chi connectivity index (χ0) is 17.2. The maximum absolute atomic E-state index is 12.3. The number of carbonyl (C=O) groups excluding carboxylic acids is 1. The third kappa shape index (κ3) is 7.65. The molecule has 6 nitrogen and oxygen atoms in total. The summed E-state index contributed by atoms with van der Waals surface area (Å²) in [4.78, 5) is 18.7. The van der Waals surface area contributed by atoms with Gasteiger partial charge in [-0.3, -0.25) is 10.1 Å². The van der Waals surface area contributed by atoms with Gasteiger partial charge in [-0.1, -0.05) is 6.07 Å². The molecule has 0 unspecified atom stereocenters. The molecule has 0 aromatic heterocycles. The van der Waals surface area contributed by atoms with Crippen LogP contribution < -0.4 is 10.1 Å². The minimum absolute atomic E-state index is 0.0618. The Kier molecular flexibility index (Phi) is 8.11. The Morgan fingerprint density at radius 2 is 2.09 bits per heavy atom. The van der Waals surface area contributed by atoms with Crippen molar-refractivity contribution in [3.63, 3.8) is 0 Å². The van der Waals surface area contributed by atoms with Gasteiger partial charge >= 0.3 is 0 Å². The van der Waals surface area contributed by atoms with Crippen molar-refractivity contribution < 1.29 is 14.3 Å². The lowest BCUT2D eigenvalue weighted by Crippen LogP contribution is -2.34. The summed E-state index contributed by atoms with van der Waals surface area (Å²) in [6, 6.07) is 7.21. The normalized spacial score (nSPS) is 11.7. The Bertz CT molecular complexity index is 528. The molecule has 0 saturated carbocycles. The van der Waals surface area contributed by atoms with Crippen LogP contribution in [0.3, 0.4) is 0 Å². The van der Waals surface area contributed by atoms with E-state index in [0.717, 1.165) is 13.0 Å². The molecule has 6 heteroatoms. The molecule has 0 spiro atoms. The summed E-state index contributed by atoms with van der Waals surface area (Å²) in [5, 5.41) is 2.72. The van der Waals surface area contributed by atoms with E-state index in [1.165, 1.54) is 0 Å². The van der Waals surface area contributed by atoms with Crippen molar-refractivity contribution in [2.24, 2.45) is 4.99 Å². The van der Waals surface area contributed by atoms with Gasteiger partial charge in [0.15, 0.2) is 0 Å². The first-order valence-corrected chi connectivity index (χ1v) is 7.73. The average Bonchev–Trinajstić information content (AvgIpc) is 2.50. The first kappa shape index (κ1) is 19.0. The summed E-state index contributed by atoms with van der Waals surface area (Å²) < 4.78 is 10.7. The summed E-state index contributed by atoms with van der Waals surface area (Å²) >= 11 is 0. The molecule has 0 aliphatic carbocycles. The number of nitrogens with zero attached hydrogens (tertiary/aromatic N) is 2. The summed E-state index contributed by atoms with van der Waals surface area (Å²) in [5.41, 5.74) is 0.498. The predicted octanol–water partition coefficient (Wildman–Crippen LogP) is 2.16. The number of ether oxygens (including phenoxy) is 2. The van der Waals surface area contributed by atoms with Crippen LogP contribution in [0, 0.1) is 0 Å². The maximum Gasteiger partial charge on any atom is 0.291 e. The van der Waals surface area contributed by atoms with E-state index < -0.39 is 0 Å². The lowest BCUT2D eigenvalue weighted by Gasteiger charge is -2.14. The highest BCUT2D eigenvalue weighted by molar-refractivity contribution is 6.04. The number of amidine groups is 1. The van der Waals surface area contributed by atoms with Gasteiger partial charge in [-0.15, -0.1) is 0 Å². The predicted molar refractivity (Wildman–Crippen MR) is 92.2 cm³/mol. The Morgan fingerprint density at radius 1 is 1.35 bits per heavy atom. The van der Waals surface area contributed by atoms with Crippen molar-refractivity contribution >= 4 is 11.9 Å². The second-order valence-electron chi connectivity index (χ2n) is 5.70. The zero-order valence-corrected chi connectivity index (χ0v) is 14.6. The third-order valence-corrected chi connectivity index (χ3v) is 2.92. The molecule has 1 aromatic carbocycles. The fourth-order valence-corrected chi connectivity index (χ4v) is 1.83. The Morgan fingerprint density at radius 3 is 2.70 bits per heavy atom. The van der Waals surface area contributed by atoms with Crippen LogP contribution >= 0.6 is 0 Å². The first-order valence-electron chi connectivity index (χ1n) is 7.73. The van der Waals surface area contributed by atoms with Gasteiger partial charge in [-0.2, -0.15) is 0 Å². The lowest BCUT2D eigenvalue weighted by molar-refractivity contribution is 0.0959. The van der Waals surface area contributed by atoms with Crippen LogP contribution in [0.15, 0.2) is 29.3 Å². The second-order valence-corrected chi connectivity index (χ2v) is 5.70. The number of hydrogen-bond acceptors (Lipinski definition) is 5. The summed E-state index contributed by atoms with van der Waals surface area (Å²) in [6.07, 6.45) is 0.834. The molecule has 0 aliphatic rings. The van der Waals surface area contributed by atoms with Crippen molar-refractivity contribution in [3.05, 3.63) is 29.8 Å². The molecule has 23 heavy (non-hydrogen) atoms. The summed E-state index contributed by atoms with van der Waals surface area (Å²) in [6.45, 7) is 5.32. The van der Waals surface area contributed by atoms with Crippen molar-refractivity contribution in [2.45, 2.75) is 26.4 Å². The zero-order valence-electron chi connectivity index (χ0n) is 14.6. The van der Waals surface area contributed by atoms with E-state index >= 15 is 0 Å². The number of nitrogens with one attached hydrogen (secondary N) is 1. The maximum atomic E-state index is 12.3.